The average molecular weight is 697 g/mol. The standard InChI is InChI=1S/C42H52N2O5S/c1-3-5-6-7-8-9-10-11-12-13-14-15-16-17-18-19-20-21-22-23-40(45)49-34-44-41(46)39(50-42(44)47)32-36-25-28-38(29-26-36)48-31-30-37-27-24-35(4-2)33-43-37/h5-6,8-9,11-12,14-15,17-18,20-21,24-29,33,39H,3-4,7,10,13,16,19,22-23,30-32,34H2,1-2H3/b6-5-,9-8-,12-11-,15-14-,18-17-,21-20-. The molecule has 2 amide bonds. The minimum Gasteiger partial charge on any atom is -0.493 e. The van der Waals surface area contributed by atoms with Crippen LogP contribution in [0.2, 0.25) is 0 Å². The van der Waals surface area contributed by atoms with Gasteiger partial charge in [-0.3, -0.25) is 19.4 Å². The van der Waals surface area contributed by atoms with Crippen LogP contribution in [-0.2, 0) is 33.6 Å². The fourth-order valence-corrected chi connectivity index (χ4v) is 5.83. The van der Waals surface area contributed by atoms with Crippen molar-refractivity contribution in [1.29, 1.82) is 0 Å². The number of allylic oxidation sites excluding steroid dienone is 12. The first-order valence-corrected chi connectivity index (χ1v) is 18.6. The first-order valence-electron chi connectivity index (χ1n) is 17.7. The van der Waals surface area contributed by atoms with Crippen molar-refractivity contribution in [3.63, 3.8) is 0 Å². The van der Waals surface area contributed by atoms with E-state index in [9.17, 15) is 14.4 Å². The smallest absolute Gasteiger partial charge is 0.307 e. The second-order valence-corrected chi connectivity index (χ2v) is 12.8. The maximum Gasteiger partial charge on any atom is 0.307 e. The van der Waals surface area contributed by atoms with Crippen LogP contribution in [0, 0.1) is 0 Å². The highest BCUT2D eigenvalue weighted by Gasteiger charge is 2.40. The number of pyridine rings is 1. The zero-order valence-corrected chi connectivity index (χ0v) is 30.4. The van der Waals surface area contributed by atoms with Gasteiger partial charge in [-0.2, -0.15) is 0 Å². The second-order valence-electron chi connectivity index (χ2n) is 11.7. The number of benzene rings is 1. The first kappa shape index (κ1) is 40.0. The third-order valence-electron chi connectivity index (χ3n) is 7.74. The van der Waals surface area contributed by atoms with Crippen LogP contribution in [0.25, 0.3) is 0 Å². The highest BCUT2D eigenvalue weighted by molar-refractivity contribution is 8.15. The number of hydrogen-bond donors (Lipinski definition) is 0. The zero-order valence-electron chi connectivity index (χ0n) is 29.6. The van der Waals surface area contributed by atoms with Gasteiger partial charge in [0.1, 0.15) is 5.75 Å². The molecule has 2 aromatic rings. The molecule has 1 aliphatic rings. The third kappa shape index (κ3) is 16.3. The van der Waals surface area contributed by atoms with Crippen molar-refractivity contribution >= 4 is 28.9 Å². The van der Waals surface area contributed by atoms with Gasteiger partial charge in [-0.15, -0.1) is 0 Å². The maximum atomic E-state index is 12.9. The van der Waals surface area contributed by atoms with Crippen molar-refractivity contribution in [2.45, 2.75) is 89.7 Å². The Morgan fingerprint density at radius 3 is 1.92 bits per heavy atom. The lowest BCUT2D eigenvalue weighted by Crippen LogP contribution is -2.35. The predicted octanol–water partition coefficient (Wildman–Crippen LogP) is 9.85. The van der Waals surface area contributed by atoms with Crippen LogP contribution in [0.15, 0.2) is 116 Å². The van der Waals surface area contributed by atoms with E-state index >= 15 is 0 Å². The molecule has 8 heteroatoms. The van der Waals surface area contributed by atoms with Crippen LogP contribution in [0.1, 0.15) is 82.0 Å². The van der Waals surface area contributed by atoms with Crippen molar-refractivity contribution in [3.8, 4) is 5.75 Å². The van der Waals surface area contributed by atoms with E-state index in [4.69, 9.17) is 9.47 Å². The number of carbonyl (C=O) groups is 3. The van der Waals surface area contributed by atoms with E-state index in [2.05, 4.69) is 85.7 Å². The van der Waals surface area contributed by atoms with Crippen LogP contribution in [0.5, 0.6) is 5.75 Å². The van der Waals surface area contributed by atoms with E-state index in [1.54, 1.807) is 0 Å². The van der Waals surface area contributed by atoms with E-state index in [0.29, 0.717) is 25.9 Å². The largest absolute Gasteiger partial charge is 0.493 e. The molecule has 7 nitrogen and oxygen atoms in total. The molecule has 1 atom stereocenters. The number of rotatable bonds is 23. The molecule has 1 aliphatic heterocycles. The third-order valence-corrected chi connectivity index (χ3v) is 8.81. The van der Waals surface area contributed by atoms with E-state index in [-0.39, 0.29) is 19.1 Å². The Hall–Kier alpha value is -4.43. The number of hydrogen-bond acceptors (Lipinski definition) is 7. The Kier molecular flexibility index (Phi) is 19.7. The molecule has 0 aliphatic carbocycles. The quantitative estimate of drug-likeness (QED) is 0.0845. The number of imide groups is 1. The summed E-state index contributed by atoms with van der Waals surface area (Å²) in [5.74, 6) is -0.0486. The summed E-state index contributed by atoms with van der Waals surface area (Å²) in [4.78, 5) is 43.1. The number of thioether (sulfide) groups is 1. The molecular weight excluding hydrogens is 645 g/mol. The Morgan fingerprint density at radius 2 is 1.36 bits per heavy atom. The molecule has 3 rings (SSSR count). The predicted molar refractivity (Wildman–Crippen MR) is 205 cm³/mol. The second kappa shape index (κ2) is 24.7. The summed E-state index contributed by atoms with van der Waals surface area (Å²) in [6.45, 7) is 4.40. The van der Waals surface area contributed by atoms with Gasteiger partial charge in [0.25, 0.3) is 5.24 Å². The first-order chi connectivity index (χ1) is 24.5. The molecule has 1 saturated heterocycles. The molecule has 266 valence electrons. The van der Waals surface area contributed by atoms with Crippen LogP contribution < -0.4 is 4.74 Å². The zero-order chi connectivity index (χ0) is 35.7. The van der Waals surface area contributed by atoms with Gasteiger partial charge in [-0.05, 0) is 87.1 Å². The van der Waals surface area contributed by atoms with Crippen molar-refractivity contribution in [3.05, 3.63) is 132 Å². The van der Waals surface area contributed by atoms with Crippen molar-refractivity contribution in [1.82, 2.24) is 9.88 Å². The van der Waals surface area contributed by atoms with Crippen LogP contribution in [0.3, 0.4) is 0 Å². The van der Waals surface area contributed by atoms with Gasteiger partial charge in [0, 0.05) is 24.7 Å². The van der Waals surface area contributed by atoms with Gasteiger partial charge >= 0.3 is 5.97 Å². The van der Waals surface area contributed by atoms with Gasteiger partial charge in [-0.25, -0.2) is 4.90 Å². The maximum absolute atomic E-state index is 12.9. The van der Waals surface area contributed by atoms with Crippen LogP contribution in [0.4, 0.5) is 4.79 Å². The minimum absolute atomic E-state index is 0.186. The summed E-state index contributed by atoms with van der Waals surface area (Å²) < 4.78 is 11.1. The lowest BCUT2D eigenvalue weighted by molar-refractivity contribution is -0.149. The average Bonchev–Trinajstić information content (AvgIpc) is 3.39. The highest BCUT2D eigenvalue weighted by Crippen LogP contribution is 2.30. The fraction of sp³-hybridized carbons (Fsp3) is 0.381. The molecule has 1 unspecified atom stereocenters. The number of ether oxygens (including phenoxy) is 2. The number of esters is 1. The summed E-state index contributed by atoms with van der Waals surface area (Å²) in [5.41, 5.74) is 3.12. The number of carbonyl (C=O) groups excluding carboxylic acids is 3. The van der Waals surface area contributed by atoms with Crippen molar-refractivity contribution < 1.29 is 23.9 Å². The Bertz CT molecular complexity index is 1490. The number of aromatic nitrogens is 1. The van der Waals surface area contributed by atoms with Crippen molar-refractivity contribution in [2.24, 2.45) is 0 Å². The molecule has 1 fully saturated rings. The highest BCUT2D eigenvalue weighted by atomic mass is 32.2. The molecule has 0 saturated carbocycles. The normalized spacial score (nSPS) is 15.4. The summed E-state index contributed by atoms with van der Waals surface area (Å²) in [6, 6.07) is 11.7. The summed E-state index contributed by atoms with van der Waals surface area (Å²) in [5, 5.41) is -0.950. The van der Waals surface area contributed by atoms with Gasteiger partial charge in [0.2, 0.25) is 5.91 Å². The molecule has 0 radical (unpaired) electrons. The lowest BCUT2D eigenvalue weighted by atomic mass is 10.1. The van der Waals surface area contributed by atoms with Crippen LogP contribution in [-0.4, -0.2) is 45.6 Å². The molecule has 0 bridgehead atoms. The summed E-state index contributed by atoms with van der Waals surface area (Å²) in [6.07, 6.45) is 36.0. The van der Waals surface area contributed by atoms with Gasteiger partial charge in [0.15, 0.2) is 6.73 Å². The minimum atomic E-state index is -0.552. The molecule has 1 aromatic heterocycles. The number of aryl methyl sites for hydroxylation is 1. The van der Waals surface area contributed by atoms with Gasteiger partial charge in [-0.1, -0.05) is 117 Å². The van der Waals surface area contributed by atoms with Crippen molar-refractivity contribution in [2.75, 3.05) is 13.3 Å². The molecular formula is C42H52N2O5S. The monoisotopic (exact) mass is 696 g/mol. The Balaban J connectivity index is 1.23. The Labute approximate surface area is 302 Å². The molecule has 0 N–H and O–H groups in total. The van der Waals surface area contributed by atoms with Crippen LogP contribution >= 0.6 is 11.8 Å². The topological polar surface area (TPSA) is 85.8 Å². The number of amides is 2. The summed E-state index contributed by atoms with van der Waals surface area (Å²) >= 11 is 0.968. The van der Waals surface area contributed by atoms with E-state index in [1.165, 1.54) is 5.56 Å². The van der Waals surface area contributed by atoms with E-state index in [1.807, 2.05) is 48.7 Å². The van der Waals surface area contributed by atoms with E-state index in [0.717, 1.165) is 78.6 Å². The molecule has 2 heterocycles. The Morgan fingerprint density at radius 1 is 0.780 bits per heavy atom. The van der Waals surface area contributed by atoms with Gasteiger partial charge in [0.05, 0.1) is 11.9 Å². The molecule has 0 spiro atoms. The molecule has 1 aromatic carbocycles. The number of nitrogens with zero attached hydrogens (tertiary/aromatic N) is 2. The van der Waals surface area contributed by atoms with E-state index < -0.39 is 16.5 Å². The fourth-order valence-electron chi connectivity index (χ4n) is 4.82. The summed E-state index contributed by atoms with van der Waals surface area (Å²) in [7, 11) is 0. The van der Waals surface area contributed by atoms with Gasteiger partial charge < -0.3 is 9.47 Å². The lowest BCUT2D eigenvalue weighted by Gasteiger charge is -2.14. The SMILES string of the molecule is CC/C=C\C/C=C\C/C=C\C/C=C\C/C=C\C/C=C\CCC(=O)OCN1C(=O)SC(Cc2ccc(OCCc3ccc(CC)cn3)cc2)C1=O. The molecule has 50 heavy (non-hydrogen) atoms.